The van der Waals surface area contributed by atoms with E-state index in [-0.39, 0.29) is 24.8 Å². The summed E-state index contributed by atoms with van der Waals surface area (Å²) in [7, 11) is 0. The van der Waals surface area contributed by atoms with Crippen LogP contribution in [0.25, 0.3) is 21.5 Å². The Kier molecular flexibility index (Phi) is 13.2. The summed E-state index contributed by atoms with van der Waals surface area (Å²) in [6.07, 6.45) is 1.13. The van der Waals surface area contributed by atoms with Crippen molar-refractivity contribution < 1.29 is 23.3 Å². The van der Waals surface area contributed by atoms with E-state index in [1.54, 1.807) is 23.3 Å². The molecule has 5 aromatic carbocycles. The van der Waals surface area contributed by atoms with Crippen LogP contribution in [0.1, 0.15) is 27.8 Å². The second-order valence-corrected chi connectivity index (χ2v) is 11.4. The average molecular weight is 570 g/mol. The number of benzene rings is 3. The van der Waals surface area contributed by atoms with E-state index >= 15 is 0 Å². The molecule has 1 radical (unpaired) electrons. The van der Waals surface area contributed by atoms with E-state index in [9.17, 15) is 0 Å². The molecule has 0 aliphatic carbocycles. The van der Waals surface area contributed by atoms with Gasteiger partial charge < -0.3 is 0 Å². The van der Waals surface area contributed by atoms with Gasteiger partial charge in [-0.3, -0.25) is 0 Å². The zero-order valence-corrected chi connectivity index (χ0v) is 24.8. The summed E-state index contributed by atoms with van der Waals surface area (Å²) in [5.74, 6) is 0. The van der Waals surface area contributed by atoms with E-state index in [2.05, 4.69) is 119 Å². The Morgan fingerprint density at radius 3 is 1.48 bits per heavy atom. The van der Waals surface area contributed by atoms with E-state index in [1.165, 1.54) is 55.4 Å². The van der Waals surface area contributed by atoms with Crippen molar-refractivity contribution in [1.29, 1.82) is 0 Å². The maximum atomic E-state index is 2.24. The van der Waals surface area contributed by atoms with Gasteiger partial charge in [-0.15, -0.1) is 93.9 Å². The molecule has 0 aliphatic rings. The maximum absolute atomic E-state index is 2.24. The summed E-state index contributed by atoms with van der Waals surface area (Å²) < 4.78 is 0. The number of hydrogen-bond donors (Lipinski definition) is 0. The fourth-order valence-corrected chi connectivity index (χ4v) is 5.72. The van der Waals surface area contributed by atoms with Crippen molar-refractivity contribution in [2.24, 2.45) is 0 Å². The van der Waals surface area contributed by atoms with E-state index in [0.29, 0.717) is 0 Å². The van der Waals surface area contributed by atoms with Crippen molar-refractivity contribution in [2.75, 3.05) is 0 Å². The van der Waals surface area contributed by atoms with Gasteiger partial charge in [0, 0.05) is 0 Å². The standard InChI is InChI=1S/2C11H11.C7H7Si.2ClH.Zr/c2*1-8-6-10-5-3-4-9(2)11(10)7-8;8-6-7-4-2-1-3-5-7;;;/h2*3-7H,1-2H3;1-5H,6H2;2*1H;/q2*-1;;;;+2. The van der Waals surface area contributed by atoms with Gasteiger partial charge in [-0.2, -0.15) is 12.1 Å². The van der Waals surface area contributed by atoms with Crippen molar-refractivity contribution in [3.8, 4) is 0 Å². The van der Waals surface area contributed by atoms with Crippen LogP contribution < -0.4 is 0 Å². The number of fused-ring (bicyclic) bond motifs is 2. The first-order chi connectivity index (χ1) is 15.0. The average Bonchev–Trinajstić information content (AvgIpc) is 3.33. The molecule has 0 spiro atoms. The summed E-state index contributed by atoms with van der Waals surface area (Å²) in [5, 5.41) is 5.51. The molecule has 0 N–H and O–H groups in total. The number of hydrogen-bond acceptors (Lipinski definition) is 0. The Hall–Kier alpha value is -1.44. The first kappa shape index (κ1) is 29.6. The monoisotopic (exact) mass is 567 g/mol. The van der Waals surface area contributed by atoms with Gasteiger partial charge in [0.1, 0.15) is 0 Å². The number of aryl methyl sites for hydroxylation is 4. The molecule has 0 fully saturated rings. The van der Waals surface area contributed by atoms with Gasteiger partial charge in [0.15, 0.2) is 0 Å². The Morgan fingerprint density at radius 1 is 0.636 bits per heavy atom. The number of halogens is 2. The molecule has 0 heterocycles. The normalized spacial score (nSPS) is 9.64. The van der Waals surface area contributed by atoms with Crippen molar-refractivity contribution in [1.82, 2.24) is 0 Å². The van der Waals surface area contributed by atoms with Crippen LogP contribution in [0.5, 0.6) is 0 Å². The molecule has 0 saturated heterocycles. The molecule has 4 heteroatoms. The molecule has 33 heavy (non-hydrogen) atoms. The van der Waals surface area contributed by atoms with Gasteiger partial charge in [0.25, 0.3) is 0 Å². The zero-order valence-electron chi connectivity index (χ0n) is 19.7. The minimum absolute atomic E-state index is 0. The third kappa shape index (κ3) is 8.69. The Morgan fingerprint density at radius 2 is 1.09 bits per heavy atom. The summed E-state index contributed by atoms with van der Waals surface area (Å²) >= 11 is 1.66. The van der Waals surface area contributed by atoms with E-state index in [0.717, 1.165) is 6.16 Å². The number of rotatable bonds is 2. The quantitative estimate of drug-likeness (QED) is 0.148. The SMILES string of the molecule is Cc1cc2c(C)cccc2[cH-]1.Cc1cc2c(C)cccc2[cH-]1.Cl.Cl.[Zr+2]=[Si]Cc1ccccc1. The molecule has 0 nitrogen and oxygen atoms in total. The second-order valence-electron chi connectivity index (χ2n) is 8.06. The van der Waals surface area contributed by atoms with E-state index in [4.69, 9.17) is 0 Å². The summed E-state index contributed by atoms with van der Waals surface area (Å²) in [6, 6.07) is 33.7. The fourth-order valence-electron chi connectivity index (χ4n) is 3.78. The van der Waals surface area contributed by atoms with Crippen molar-refractivity contribution in [2.45, 2.75) is 33.7 Å². The van der Waals surface area contributed by atoms with Crippen LogP contribution in [-0.4, -0.2) is 6.16 Å². The molecule has 0 unspecified atom stereocenters. The van der Waals surface area contributed by atoms with Gasteiger partial charge in [-0.1, -0.05) is 37.1 Å². The van der Waals surface area contributed by atoms with Gasteiger partial charge in [-0.05, 0) is 13.8 Å². The van der Waals surface area contributed by atoms with Gasteiger partial charge >= 0.3 is 71.4 Å². The predicted octanol–water partition coefficient (Wildman–Crippen LogP) is 8.55. The van der Waals surface area contributed by atoms with Crippen molar-refractivity contribution >= 4 is 52.5 Å². The first-order valence-electron chi connectivity index (χ1n) is 10.7. The molecule has 169 valence electrons. The molecule has 0 atom stereocenters. The van der Waals surface area contributed by atoms with Crippen LogP contribution in [0.4, 0.5) is 0 Å². The van der Waals surface area contributed by atoms with Crippen LogP contribution in [0, 0.1) is 27.7 Å². The van der Waals surface area contributed by atoms with Crippen LogP contribution in [0.2, 0.25) is 0 Å². The molecule has 0 aromatic heterocycles. The molecule has 0 aliphatic heterocycles. The third-order valence-electron chi connectivity index (χ3n) is 5.36. The molecule has 5 aromatic rings. The molecule has 0 saturated carbocycles. The summed E-state index contributed by atoms with van der Waals surface area (Å²) in [4.78, 5) is 0. The van der Waals surface area contributed by atoms with Crippen molar-refractivity contribution in [3.63, 3.8) is 0 Å². The van der Waals surface area contributed by atoms with Gasteiger partial charge in [0.05, 0.1) is 0 Å². The van der Waals surface area contributed by atoms with Crippen LogP contribution in [0.15, 0.2) is 91.0 Å². The van der Waals surface area contributed by atoms with Crippen molar-refractivity contribution in [3.05, 3.63) is 119 Å². The Balaban J connectivity index is 0.000000242. The van der Waals surface area contributed by atoms with Crippen LogP contribution in [0.3, 0.4) is 0 Å². The predicted molar refractivity (Wildman–Crippen MR) is 148 cm³/mol. The molecule has 0 amide bonds. The van der Waals surface area contributed by atoms with Crippen LogP contribution >= 0.6 is 24.8 Å². The van der Waals surface area contributed by atoms with E-state index in [1.807, 2.05) is 0 Å². The summed E-state index contributed by atoms with van der Waals surface area (Å²) in [6.45, 7) is 8.59. The summed E-state index contributed by atoms with van der Waals surface area (Å²) in [5.41, 5.74) is 6.93. The fraction of sp³-hybridized carbons (Fsp3) is 0.172. The second kappa shape index (κ2) is 14.7. The van der Waals surface area contributed by atoms with E-state index < -0.39 is 0 Å². The topological polar surface area (TPSA) is 0 Å². The van der Waals surface area contributed by atoms with Gasteiger partial charge in [-0.25, -0.2) is 0 Å². The van der Waals surface area contributed by atoms with Crippen LogP contribution in [-0.2, 0) is 29.4 Å². The molecule has 0 bridgehead atoms. The molecular formula is C29H31Cl2SiZr. The zero-order chi connectivity index (χ0) is 22.2. The molecule has 5 rings (SSSR count). The Bertz CT molecular complexity index is 1190. The molecular weight excluding hydrogens is 539 g/mol. The van der Waals surface area contributed by atoms with Gasteiger partial charge in [0.2, 0.25) is 0 Å². The first-order valence-corrected chi connectivity index (χ1v) is 15.6. The third-order valence-corrected chi connectivity index (χ3v) is 7.25. The Labute approximate surface area is 226 Å². The minimum atomic E-state index is 0.